The van der Waals surface area contributed by atoms with Crippen molar-refractivity contribution in [3.8, 4) is 0 Å². The van der Waals surface area contributed by atoms with Crippen molar-refractivity contribution in [2.45, 2.75) is 50.9 Å². The molecule has 3 aliphatic rings. The van der Waals surface area contributed by atoms with E-state index in [2.05, 4.69) is 16.3 Å². The number of nitrogens with one attached hydrogen (secondary N) is 1. The van der Waals surface area contributed by atoms with E-state index in [4.69, 9.17) is 5.73 Å². The van der Waals surface area contributed by atoms with E-state index < -0.39 is 6.04 Å². The van der Waals surface area contributed by atoms with Crippen molar-refractivity contribution >= 4 is 17.7 Å². The summed E-state index contributed by atoms with van der Waals surface area (Å²) in [5.41, 5.74) is 8.57. The number of hydrogen-bond donors (Lipinski definition) is 2. The first kappa shape index (κ1) is 17.2. The van der Waals surface area contributed by atoms with Crippen LogP contribution in [0.15, 0.2) is 18.2 Å². The maximum Gasteiger partial charge on any atom is 0.255 e. The molecule has 2 atom stereocenters. The van der Waals surface area contributed by atoms with Crippen LogP contribution in [0.5, 0.6) is 0 Å². The monoisotopic (exact) mass is 356 g/mol. The zero-order valence-corrected chi connectivity index (χ0v) is 14.7. The topological polar surface area (TPSA) is 95.7 Å². The van der Waals surface area contributed by atoms with E-state index in [1.807, 2.05) is 12.1 Å². The fourth-order valence-electron chi connectivity index (χ4n) is 4.30. The quantitative estimate of drug-likeness (QED) is 0.760. The number of piperidine rings is 1. The maximum atomic E-state index is 12.9. The van der Waals surface area contributed by atoms with Gasteiger partial charge in [-0.2, -0.15) is 0 Å². The Bertz CT molecular complexity index is 763. The molecule has 138 valence electrons. The zero-order chi connectivity index (χ0) is 18.3. The Morgan fingerprint density at radius 3 is 2.81 bits per heavy atom. The highest BCUT2D eigenvalue weighted by Gasteiger charge is 2.39. The third kappa shape index (κ3) is 3.01. The minimum Gasteiger partial charge on any atom is -0.329 e. The highest BCUT2D eigenvalue weighted by Crippen LogP contribution is 2.29. The minimum absolute atomic E-state index is 0.117. The second-order valence-corrected chi connectivity index (χ2v) is 7.39. The smallest absolute Gasteiger partial charge is 0.255 e. The summed E-state index contributed by atoms with van der Waals surface area (Å²) in [5, 5.41) is 2.33. The molecule has 3 N–H and O–H groups in total. The molecule has 3 heterocycles. The number of nitrogens with zero attached hydrogens (tertiary/aromatic N) is 2. The summed E-state index contributed by atoms with van der Waals surface area (Å²) in [6, 6.07) is 5.86. The largest absolute Gasteiger partial charge is 0.329 e. The highest BCUT2D eigenvalue weighted by atomic mass is 16.2. The van der Waals surface area contributed by atoms with Gasteiger partial charge in [-0.15, -0.1) is 0 Å². The Morgan fingerprint density at radius 2 is 2.04 bits per heavy atom. The van der Waals surface area contributed by atoms with Gasteiger partial charge >= 0.3 is 0 Å². The lowest BCUT2D eigenvalue weighted by Crippen LogP contribution is -2.52. The van der Waals surface area contributed by atoms with Gasteiger partial charge in [-0.25, -0.2) is 0 Å². The summed E-state index contributed by atoms with van der Waals surface area (Å²) < 4.78 is 0. The number of nitrogens with two attached hydrogens (primary N) is 1. The average Bonchev–Trinajstić information content (AvgIpc) is 3.20. The predicted octanol–water partition coefficient (Wildman–Crippen LogP) is 0.371. The minimum atomic E-state index is -0.559. The van der Waals surface area contributed by atoms with Gasteiger partial charge in [-0.05, 0) is 43.0 Å². The molecule has 0 aromatic heterocycles. The van der Waals surface area contributed by atoms with Crippen LogP contribution in [0.4, 0.5) is 0 Å². The van der Waals surface area contributed by atoms with Gasteiger partial charge in [0.1, 0.15) is 6.04 Å². The summed E-state index contributed by atoms with van der Waals surface area (Å²) in [6.07, 6.45) is 2.96. The zero-order valence-electron chi connectivity index (χ0n) is 14.7. The molecule has 2 saturated heterocycles. The molecule has 0 bridgehead atoms. The first-order chi connectivity index (χ1) is 12.6. The van der Waals surface area contributed by atoms with E-state index in [1.54, 1.807) is 4.90 Å². The number of fused-ring (bicyclic) bond motifs is 1. The summed E-state index contributed by atoms with van der Waals surface area (Å²) in [7, 11) is 0. The van der Waals surface area contributed by atoms with Crippen LogP contribution in [-0.4, -0.2) is 52.7 Å². The Labute approximate surface area is 152 Å². The third-order valence-electron chi connectivity index (χ3n) is 5.75. The Hall–Kier alpha value is -2.25. The van der Waals surface area contributed by atoms with Gasteiger partial charge in [0.2, 0.25) is 11.8 Å². The van der Waals surface area contributed by atoms with E-state index in [9.17, 15) is 14.4 Å². The molecule has 4 rings (SSSR count). The second-order valence-electron chi connectivity index (χ2n) is 7.39. The lowest BCUT2D eigenvalue weighted by molar-refractivity contribution is -0.136. The number of amides is 3. The predicted molar refractivity (Wildman–Crippen MR) is 95.0 cm³/mol. The number of imide groups is 1. The highest BCUT2D eigenvalue weighted by molar-refractivity contribution is 6.05. The molecule has 0 spiro atoms. The fraction of sp³-hybridized carbons (Fsp3) is 0.526. The number of carbonyl (C=O) groups is 3. The number of carbonyl (C=O) groups excluding carboxylic acids is 3. The van der Waals surface area contributed by atoms with Crippen molar-refractivity contribution < 1.29 is 14.4 Å². The summed E-state index contributed by atoms with van der Waals surface area (Å²) >= 11 is 0. The molecular weight excluding hydrogens is 332 g/mol. The van der Waals surface area contributed by atoms with Crippen molar-refractivity contribution in [1.82, 2.24) is 15.1 Å². The molecule has 1 aromatic rings. The van der Waals surface area contributed by atoms with Crippen LogP contribution < -0.4 is 11.1 Å². The normalized spacial score (nSPS) is 26.3. The SMILES string of the molecule is NC[C@@H]1CCCN1Cc1ccc2c(c1)C(=O)N(C1CCC(=O)NC1=O)C2. The molecular formula is C19H24N4O3. The second kappa shape index (κ2) is 6.81. The molecule has 3 aliphatic heterocycles. The molecule has 26 heavy (non-hydrogen) atoms. The van der Waals surface area contributed by atoms with Crippen molar-refractivity contribution in [2.24, 2.45) is 5.73 Å². The van der Waals surface area contributed by atoms with E-state index in [0.29, 0.717) is 31.1 Å². The molecule has 2 fully saturated rings. The number of hydrogen-bond acceptors (Lipinski definition) is 5. The van der Waals surface area contributed by atoms with Gasteiger partial charge in [-0.1, -0.05) is 12.1 Å². The Kier molecular flexibility index (Phi) is 4.50. The van der Waals surface area contributed by atoms with Crippen LogP contribution >= 0.6 is 0 Å². The van der Waals surface area contributed by atoms with E-state index in [1.165, 1.54) is 0 Å². The first-order valence-corrected chi connectivity index (χ1v) is 9.27. The van der Waals surface area contributed by atoms with E-state index >= 15 is 0 Å². The van der Waals surface area contributed by atoms with Crippen LogP contribution in [-0.2, 0) is 22.7 Å². The summed E-state index contributed by atoms with van der Waals surface area (Å²) in [4.78, 5) is 40.3. The van der Waals surface area contributed by atoms with Gasteiger partial charge in [0.25, 0.3) is 5.91 Å². The molecule has 1 unspecified atom stereocenters. The van der Waals surface area contributed by atoms with Gasteiger partial charge in [-0.3, -0.25) is 24.6 Å². The van der Waals surface area contributed by atoms with Crippen LogP contribution in [0.1, 0.15) is 47.2 Å². The molecule has 7 heteroatoms. The van der Waals surface area contributed by atoms with Crippen molar-refractivity contribution in [3.05, 3.63) is 34.9 Å². The van der Waals surface area contributed by atoms with Gasteiger partial charge in [0, 0.05) is 37.7 Å². The number of rotatable bonds is 4. The molecule has 0 radical (unpaired) electrons. The molecule has 7 nitrogen and oxygen atoms in total. The van der Waals surface area contributed by atoms with Crippen LogP contribution in [0, 0.1) is 0 Å². The van der Waals surface area contributed by atoms with E-state index in [0.717, 1.165) is 37.1 Å². The molecule has 0 aliphatic carbocycles. The Balaban J connectivity index is 1.50. The van der Waals surface area contributed by atoms with Gasteiger partial charge < -0.3 is 10.6 Å². The van der Waals surface area contributed by atoms with Crippen molar-refractivity contribution in [2.75, 3.05) is 13.1 Å². The van der Waals surface area contributed by atoms with Gasteiger partial charge in [0.15, 0.2) is 0 Å². The fourth-order valence-corrected chi connectivity index (χ4v) is 4.30. The Morgan fingerprint density at radius 1 is 1.19 bits per heavy atom. The number of likely N-dealkylation sites (tertiary alicyclic amines) is 1. The van der Waals surface area contributed by atoms with Crippen molar-refractivity contribution in [1.29, 1.82) is 0 Å². The summed E-state index contributed by atoms with van der Waals surface area (Å²) in [6.45, 7) is 2.92. The maximum absolute atomic E-state index is 12.9. The third-order valence-corrected chi connectivity index (χ3v) is 5.75. The molecule has 0 saturated carbocycles. The van der Waals surface area contributed by atoms with Crippen molar-refractivity contribution in [3.63, 3.8) is 0 Å². The lowest BCUT2D eigenvalue weighted by atomic mass is 10.0. The first-order valence-electron chi connectivity index (χ1n) is 9.27. The van der Waals surface area contributed by atoms with Crippen LogP contribution in [0.3, 0.4) is 0 Å². The summed E-state index contributed by atoms with van der Waals surface area (Å²) in [5.74, 6) is -0.753. The average molecular weight is 356 g/mol. The number of benzene rings is 1. The standard InChI is InChI=1S/C19H24N4O3/c20-9-14-2-1-7-22(14)10-12-3-4-13-11-23(19(26)15(13)8-12)16-5-6-17(24)21-18(16)25/h3-4,8,14,16H,1-2,5-7,9-11,20H2,(H,21,24,25)/t14-,16?/m0/s1. The van der Waals surface area contributed by atoms with Crippen LogP contribution in [0.2, 0.25) is 0 Å². The van der Waals surface area contributed by atoms with E-state index in [-0.39, 0.29) is 24.1 Å². The lowest BCUT2D eigenvalue weighted by Gasteiger charge is -2.29. The molecule has 1 aromatic carbocycles. The van der Waals surface area contributed by atoms with Gasteiger partial charge in [0.05, 0.1) is 0 Å². The van der Waals surface area contributed by atoms with Crippen LogP contribution in [0.25, 0.3) is 0 Å². The molecule has 3 amide bonds.